The molecule has 0 spiro atoms. The number of nitriles is 1. The molecule has 0 unspecified atom stereocenters. The van der Waals surface area contributed by atoms with Crippen LogP contribution < -0.4 is 0 Å². The van der Waals surface area contributed by atoms with Crippen LogP contribution in [-0.4, -0.2) is 6.21 Å². The van der Waals surface area contributed by atoms with Crippen molar-refractivity contribution in [1.29, 1.82) is 5.26 Å². The number of nitrogens with zero attached hydrogens (tertiary/aromatic N) is 2. The van der Waals surface area contributed by atoms with Crippen LogP contribution in [-0.2, 0) is 11.4 Å². The topological polar surface area (TPSA) is 45.4 Å². The van der Waals surface area contributed by atoms with E-state index in [-0.39, 0.29) is 5.41 Å². The first-order chi connectivity index (χ1) is 7.53. The number of rotatable bonds is 3. The van der Waals surface area contributed by atoms with Crippen LogP contribution in [0.15, 0.2) is 29.4 Å². The number of benzene rings is 1. The summed E-state index contributed by atoms with van der Waals surface area (Å²) in [7, 11) is 0. The van der Waals surface area contributed by atoms with Gasteiger partial charge >= 0.3 is 0 Å². The first-order valence-electron chi connectivity index (χ1n) is 5.10. The fourth-order valence-corrected chi connectivity index (χ4v) is 1.03. The van der Waals surface area contributed by atoms with Gasteiger partial charge in [0.25, 0.3) is 0 Å². The molecule has 0 amide bonds. The maximum absolute atomic E-state index is 8.85. The van der Waals surface area contributed by atoms with Gasteiger partial charge < -0.3 is 4.84 Å². The summed E-state index contributed by atoms with van der Waals surface area (Å²) in [6.07, 6.45) is 2.85. The van der Waals surface area contributed by atoms with E-state index in [9.17, 15) is 0 Å². The molecule has 0 heterocycles. The van der Waals surface area contributed by atoms with E-state index < -0.39 is 0 Å². The highest BCUT2D eigenvalue weighted by molar-refractivity contribution is 5.63. The van der Waals surface area contributed by atoms with Crippen LogP contribution in [0.5, 0.6) is 0 Å². The number of hydrogen-bond acceptors (Lipinski definition) is 3. The van der Waals surface area contributed by atoms with Crippen LogP contribution >= 0.6 is 0 Å². The molecule has 1 radical (unpaired) electrons. The van der Waals surface area contributed by atoms with E-state index in [1.165, 1.54) is 0 Å². The summed E-state index contributed by atoms with van der Waals surface area (Å²) in [4.78, 5) is 5.10. The Hall–Kier alpha value is -1.82. The molecule has 83 valence electrons. The van der Waals surface area contributed by atoms with Gasteiger partial charge in [-0.1, -0.05) is 44.1 Å². The van der Waals surface area contributed by atoms with Crippen LogP contribution in [0.2, 0.25) is 0 Å². The van der Waals surface area contributed by atoms with Gasteiger partial charge in [0.05, 0.1) is 11.6 Å². The molecule has 16 heavy (non-hydrogen) atoms. The van der Waals surface area contributed by atoms with Crippen LogP contribution in [0.3, 0.4) is 0 Å². The van der Waals surface area contributed by atoms with Crippen LogP contribution in [0.1, 0.15) is 31.9 Å². The molecule has 0 aromatic heterocycles. The molecule has 0 saturated carbocycles. The zero-order valence-corrected chi connectivity index (χ0v) is 9.82. The minimum Gasteiger partial charge on any atom is -0.391 e. The quantitative estimate of drug-likeness (QED) is 0.574. The summed E-state index contributed by atoms with van der Waals surface area (Å²) in [6, 6.07) is 9.42. The molecule has 1 rings (SSSR count). The van der Waals surface area contributed by atoms with Gasteiger partial charge in [0.1, 0.15) is 12.8 Å². The molecule has 0 aliphatic heterocycles. The van der Waals surface area contributed by atoms with Gasteiger partial charge in [-0.2, -0.15) is 5.26 Å². The molecule has 0 saturated heterocycles. The Morgan fingerprint density at radius 1 is 1.31 bits per heavy atom. The summed E-state index contributed by atoms with van der Waals surface area (Å²) < 4.78 is 0. The van der Waals surface area contributed by atoms with Crippen LogP contribution in [0.4, 0.5) is 0 Å². The summed E-state index contributed by atoms with van der Waals surface area (Å²) in [5.74, 6) is 0. The normalized spacial score (nSPS) is 11.4. The first kappa shape index (κ1) is 12.3. The van der Waals surface area contributed by atoms with E-state index in [1.54, 1.807) is 6.07 Å². The summed E-state index contributed by atoms with van der Waals surface area (Å²) in [5, 5.41) is 12.6. The molecule has 1 aromatic rings. The Labute approximate surface area is 96.3 Å². The van der Waals surface area contributed by atoms with Gasteiger partial charge in [0.15, 0.2) is 0 Å². The third-order valence-corrected chi connectivity index (χ3v) is 1.80. The third-order valence-electron chi connectivity index (χ3n) is 1.80. The summed E-state index contributed by atoms with van der Waals surface area (Å²) >= 11 is 0. The van der Waals surface area contributed by atoms with Crippen molar-refractivity contribution in [3.05, 3.63) is 35.4 Å². The molecule has 0 aliphatic carbocycles. The van der Waals surface area contributed by atoms with Crippen molar-refractivity contribution >= 4 is 6.21 Å². The Kier molecular flexibility index (Phi) is 4.07. The van der Waals surface area contributed by atoms with E-state index >= 15 is 0 Å². The molecular formula is C13H15N2O. The fraction of sp³-hybridized carbons (Fsp3) is 0.385. The van der Waals surface area contributed by atoms with E-state index in [4.69, 9.17) is 10.1 Å². The van der Waals surface area contributed by atoms with Gasteiger partial charge in [0.2, 0.25) is 0 Å². The van der Waals surface area contributed by atoms with Gasteiger partial charge in [-0.3, -0.25) is 0 Å². The van der Waals surface area contributed by atoms with Gasteiger partial charge in [-0.05, 0) is 6.07 Å². The SMILES string of the molecule is CC(C)(C)/[C]=N\OCc1ccccc1C#N. The van der Waals surface area contributed by atoms with Crippen molar-refractivity contribution < 1.29 is 4.84 Å². The van der Waals surface area contributed by atoms with E-state index in [2.05, 4.69) is 17.4 Å². The standard InChI is InChI=1S/C13H15N2O/c1-13(2,3)10-15-16-9-12-7-5-4-6-11(12)8-14/h4-7H,9H2,1-3H3. The molecular weight excluding hydrogens is 200 g/mol. The third kappa shape index (κ3) is 4.14. The predicted octanol–water partition coefficient (Wildman–Crippen LogP) is 2.98. The van der Waals surface area contributed by atoms with Crippen molar-refractivity contribution in [2.75, 3.05) is 0 Å². The minimum absolute atomic E-state index is 0.116. The fourth-order valence-electron chi connectivity index (χ4n) is 1.03. The highest BCUT2D eigenvalue weighted by Crippen LogP contribution is 2.11. The Morgan fingerprint density at radius 2 is 2.00 bits per heavy atom. The molecule has 0 atom stereocenters. The number of hydrogen-bond donors (Lipinski definition) is 0. The minimum atomic E-state index is -0.116. The molecule has 3 heteroatoms. The average molecular weight is 215 g/mol. The Balaban J connectivity index is 2.56. The molecule has 0 aliphatic rings. The van der Waals surface area contributed by atoms with Gasteiger partial charge in [-0.15, -0.1) is 0 Å². The zero-order chi connectivity index (χ0) is 12.0. The Bertz CT molecular complexity index is 411. The van der Waals surface area contributed by atoms with Crippen molar-refractivity contribution in [1.82, 2.24) is 0 Å². The lowest BCUT2D eigenvalue weighted by molar-refractivity contribution is 0.129. The van der Waals surface area contributed by atoms with Crippen LogP contribution in [0, 0.1) is 16.7 Å². The summed E-state index contributed by atoms with van der Waals surface area (Å²) in [5.41, 5.74) is 1.34. The largest absolute Gasteiger partial charge is 0.391 e. The lowest BCUT2D eigenvalue weighted by Gasteiger charge is -2.08. The van der Waals surface area contributed by atoms with E-state index in [1.807, 2.05) is 39.0 Å². The smallest absolute Gasteiger partial charge is 0.143 e. The second-order valence-electron chi connectivity index (χ2n) is 4.50. The predicted molar refractivity (Wildman–Crippen MR) is 62.8 cm³/mol. The molecule has 3 nitrogen and oxygen atoms in total. The highest BCUT2D eigenvalue weighted by Gasteiger charge is 2.07. The monoisotopic (exact) mass is 215 g/mol. The summed E-state index contributed by atoms with van der Waals surface area (Å²) in [6.45, 7) is 6.27. The van der Waals surface area contributed by atoms with Gasteiger partial charge in [0, 0.05) is 11.0 Å². The van der Waals surface area contributed by atoms with Crippen molar-refractivity contribution in [3.63, 3.8) is 0 Å². The van der Waals surface area contributed by atoms with E-state index in [0.29, 0.717) is 12.2 Å². The first-order valence-corrected chi connectivity index (χ1v) is 5.10. The average Bonchev–Trinajstić information content (AvgIpc) is 2.23. The lowest BCUT2D eigenvalue weighted by atomic mass is 10.00. The molecule has 1 aromatic carbocycles. The Morgan fingerprint density at radius 3 is 2.62 bits per heavy atom. The van der Waals surface area contributed by atoms with E-state index in [0.717, 1.165) is 5.56 Å². The van der Waals surface area contributed by atoms with Crippen molar-refractivity contribution in [2.45, 2.75) is 27.4 Å². The maximum Gasteiger partial charge on any atom is 0.143 e. The molecule has 0 N–H and O–H groups in total. The van der Waals surface area contributed by atoms with Gasteiger partial charge in [-0.25, -0.2) is 0 Å². The maximum atomic E-state index is 8.85. The van der Waals surface area contributed by atoms with Crippen LogP contribution in [0.25, 0.3) is 0 Å². The highest BCUT2D eigenvalue weighted by atomic mass is 16.6. The van der Waals surface area contributed by atoms with Crippen molar-refractivity contribution in [2.24, 2.45) is 10.6 Å². The molecule has 0 fully saturated rings. The zero-order valence-electron chi connectivity index (χ0n) is 9.82. The molecule has 0 bridgehead atoms. The second kappa shape index (κ2) is 5.32. The van der Waals surface area contributed by atoms with Crippen molar-refractivity contribution in [3.8, 4) is 6.07 Å². The second-order valence-corrected chi connectivity index (χ2v) is 4.50. The lowest BCUT2D eigenvalue weighted by Crippen LogP contribution is -2.06.